The molecule has 0 radical (unpaired) electrons. The molecular weight excluding hydrogens is 442 g/mol. The molecule has 32 heavy (non-hydrogen) atoms. The van der Waals surface area contributed by atoms with Crippen molar-refractivity contribution >= 4 is 35.1 Å². The number of amides is 2. The lowest BCUT2D eigenvalue weighted by atomic mass is 10.0. The second kappa shape index (κ2) is 10.2. The monoisotopic (exact) mass is 469 g/mol. The molecule has 0 bridgehead atoms. The maximum absolute atomic E-state index is 12.6. The summed E-state index contributed by atoms with van der Waals surface area (Å²) in [5.74, 6) is -0.0452. The van der Waals surface area contributed by atoms with Crippen LogP contribution in [0, 0.1) is 0 Å². The molecule has 0 aliphatic rings. The van der Waals surface area contributed by atoms with Crippen molar-refractivity contribution < 1.29 is 14.3 Å². The zero-order chi connectivity index (χ0) is 23.3. The van der Waals surface area contributed by atoms with Gasteiger partial charge in [0.05, 0.1) is 17.0 Å². The van der Waals surface area contributed by atoms with E-state index >= 15 is 0 Å². The fourth-order valence-corrected chi connectivity index (χ4v) is 4.88. The van der Waals surface area contributed by atoms with Crippen molar-refractivity contribution in [1.29, 1.82) is 0 Å². The van der Waals surface area contributed by atoms with E-state index in [2.05, 4.69) is 16.4 Å². The number of benzene rings is 2. The Morgan fingerprint density at radius 1 is 1.09 bits per heavy atom. The lowest BCUT2D eigenvalue weighted by Gasteiger charge is -2.19. The number of hydrogen-bond donors (Lipinski definition) is 1. The zero-order valence-corrected chi connectivity index (χ0v) is 20.5. The molecule has 0 fully saturated rings. The minimum atomic E-state index is -0.542. The highest BCUT2D eigenvalue weighted by atomic mass is 32.2. The largest absolute Gasteiger partial charge is 0.444 e. The number of rotatable bonds is 6. The van der Waals surface area contributed by atoms with Crippen molar-refractivity contribution in [3.8, 4) is 11.1 Å². The van der Waals surface area contributed by atoms with Crippen molar-refractivity contribution in [2.75, 3.05) is 14.1 Å². The van der Waals surface area contributed by atoms with Crippen molar-refractivity contribution in [3.05, 3.63) is 65.3 Å². The molecule has 0 spiro atoms. The molecule has 2 aromatic carbocycles. The van der Waals surface area contributed by atoms with Crippen LogP contribution in [-0.4, -0.2) is 41.6 Å². The molecule has 8 heteroatoms. The Bertz CT molecular complexity index is 1090. The number of aromatic nitrogens is 1. The number of alkyl carbamates (subject to hydrolysis) is 1. The van der Waals surface area contributed by atoms with Crippen molar-refractivity contribution in [2.24, 2.45) is 0 Å². The standard InChI is InChI=1S/C24H27N3O3S2/c1-24(2,3)30-23(29)26-14-20-25-15-21(32-20)31-19-12-17(16-9-7-6-8-10-16)11-18(13-19)22(28)27(4)5/h6-13,15H,14H2,1-5H3,(H,26,29). The summed E-state index contributed by atoms with van der Waals surface area (Å²) in [6, 6.07) is 15.9. The van der Waals surface area contributed by atoms with Crippen LogP contribution < -0.4 is 5.32 Å². The van der Waals surface area contributed by atoms with E-state index in [1.165, 1.54) is 11.3 Å². The van der Waals surface area contributed by atoms with E-state index in [-0.39, 0.29) is 5.91 Å². The Balaban J connectivity index is 1.77. The summed E-state index contributed by atoms with van der Waals surface area (Å²) in [6.07, 6.45) is 1.31. The first-order chi connectivity index (χ1) is 15.1. The van der Waals surface area contributed by atoms with Gasteiger partial charge in [-0.1, -0.05) is 42.1 Å². The van der Waals surface area contributed by atoms with Gasteiger partial charge in [0.2, 0.25) is 0 Å². The van der Waals surface area contributed by atoms with Crippen molar-refractivity contribution in [1.82, 2.24) is 15.2 Å². The highest BCUT2D eigenvalue weighted by Gasteiger charge is 2.17. The Morgan fingerprint density at radius 2 is 1.81 bits per heavy atom. The molecule has 168 valence electrons. The predicted molar refractivity (Wildman–Crippen MR) is 129 cm³/mol. The van der Waals surface area contributed by atoms with Gasteiger partial charge in [0.1, 0.15) is 10.6 Å². The number of nitrogens with one attached hydrogen (secondary N) is 1. The number of hydrogen-bond acceptors (Lipinski definition) is 6. The molecule has 6 nitrogen and oxygen atoms in total. The molecule has 1 heterocycles. The molecule has 1 aromatic heterocycles. The summed E-state index contributed by atoms with van der Waals surface area (Å²) < 4.78 is 6.23. The van der Waals surface area contributed by atoms with Gasteiger partial charge in [0, 0.05) is 24.6 Å². The van der Waals surface area contributed by atoms with Crippen molar-refractivity contribution in [2.45, 2.75) is 42.0 Å². The number of carbonyl (C=O) groups excluding carboxylic acids is 2. The predicted octanol–water partition coefficient (Wildman–Crippen LogP) is 5.69. The number of carbonyl (C=O) groups is 2. The Labute approximate surface area is 197 Å². The maximum atomic E-state index is 12.6. The van der Waals surface area contributed by atoms with Gasteiger partial charge in [0.15, 0.2) is 0 Å². The average Bonchev–Trinajstić information content (AvgIpc) is 3.18. The van der Waals surface area contributed by atoms with Crippen LogP contribution >= 0.6 is 23.1 Å². The van der Waals surface area contributed by atoms with E-state index in [1.54, 1.807) is 37.0 Å². The summed E-state index contributed by atoms with van der Waals surface area (Å²) in [5, 5.41) is 3.51. The lowest BCUT2D eigenvalue weighted by Crippen LogP contribution is -2.32. The summed E-state index contributed by atoms with van der Waals surface area (Å²) in [6.45, 7) is 5.77. The fourth-order valence-electron chi connectivity index (χ4n) is 2.84. The number of ether oxygens (including phenoxy) is 1. The quantitative estimate of drug-likeness (QED) is 0.502. The third-order valence-corrected chi connectivity index (χ3v) is 6.27. The molecule has 0 atom stereocenters. The van der Waals surface area contributed by atoms with Gasteiger partial charge >= 0.3 is 6.09 Å². The van der Waals surface area contributed by atoms with Crippen LogP contribution in [0.1, 0.15) is 36.1 Å². The van der Waals surface area contributed by atoms with Gasteiger partial charge in [-0.25, -0.2) is 9.78 Å². The van der Waals surface area contributed by atoms with E-state index in [1.807, 2.05) is 63.2 Å². The van der Waals surface area contributed by atoms with E-state index in [9.17, 15) is 9.59 Å². The first kappa shape index (κ1) is 23.8. The van der Waals surface area contributed by atoms with Gasteiger partial charge < -0.3 is 15.0 Å². The molecule has 0 saturated heterocycles. The van der Waals surface area contributed by atoms with Crippen LogP contribution in [-0.2, 0) is 11.3 Å². The maximum Gasteiger partial charge on any atom is 0.408 e. The van der Waals surface area contributed by atoms with Crippen LogP contribution in [0.25, 0.3) is 11.1 Å². The van der Waals surface area contributed by atoms with Crippen LogP contribution in [0.5, 0.6) is 0 Å². The first-order valence-corrected chi connectivity index (χ1v) is 11.8. The highest BCUT2D eigenvalue weighted by molar-refractivity contribution is 8.01. The van der Waals surface area contributed by atoms with Gasteiger partial charge in [-0.2, -0.15) is 0 Å². The van der Waals surface area contributed by atoms with Gasteiger partial charge in [-0.15, -0.1) is 11.3 Å². The smallest absolute Gasteiger partial charge is 0.408 e. The van der Waals surface area contributed by atoms with Crippen LogP contribution in [0.4, 0.5) is 4.79 Å². The third-order valence-electron chi connectivity index (χ3n) is 4.20. The second-order valence-corrected chi connectivity index (χ2v) is 10.8. The topological polar surface area (TPSA) is 71.5 Å². The summed E-state index contributed by atoms with van der Waals surface area (Å²) in [5.41, 5.74) is 2.13. The third kappa shape index (κ3) is 6.83. The van der Waals surface area contributed by atoms with E-state index in [4.69, 9.17) is 4.74 Å². The van der Waals surface area contributed by atoms with Crippen LogP contribution in [0.2, 0.25) is 0 Å². The number of nitrogens with zero attached hydrogens (tertiary/aromatic N) is 2. The van der Waals surface area contributed by atoms with Crippen molar-refractivity contribution in [3.63, 3.8) is 0 Å². The highest BCUT2D eigenvalue weighted by Crippen LogP contribution is 2.35. The molecule has 0 saturated carbocycles. The molecule has 3 rings (SSSR count). The van der Waals surface area contributed by atoms with E-state index in [0.29, 0.717) is 12.1 Å². The summed E-state index contributed by atoms with van der Waals surface area (Å²) in [4.78, 5) is 31.4. The summed E-state index contributed by atoms with van der Waals surface area (Å²) in [7, 11) is 3.49. The minimum Gasteiger partial charge on any atom is -0.444 e. The molecule has 0 aliphatic carbocycles. The molecule has 0 unspecified atom stereocenters. The molecule has 3 aromatic rings. The molecule has 2 amide bonds. The normalized spacial score (nSPS) is 11.2. The fraction of sp³-hybridized carbons (Fsp3) is 0.292. The van der Waals surface area contributed by atoms with E-state index < -0.39 is 11.7 Å². The van der Waals surface area contributed by atoms with Gasteiger partial charge in [-0.3, -0.25) is 4.79 Å². The Hall–Kier alpha value is -2.84. The SMILES string of the molecule is CN(C)C(=O)c1cc(Sc2cnc(CNC(=O)OC(C)(C)C)s2)cc(-c2ccccc2)c1. The van der Waals surface area contributed by atoms with Crippen LogP contribution in [0.15, 0.2) is 63.8 Å². The minimum absolute atomic E-state index is 0.0452. The molecule has 1 N–H and O–H groups in total. The van der Waals surface area contributed by atoms with Crippen LogP contribution in [0.3, 0.4) is 0 Å². The van der Waals surface area contributed by atoms with Gasteiger partial charge in [0.25, 0.3) is 5.91 Å². The first-order valence-electron chi connectivity index (χ1n) is 10.1. The summed E-state index contributed by atoms with van der Waals surface area (Å²) >= 11 is 3.04. The number of thiazole rings is 1. The molecule has 0 aliphatic heterocycles. The Morgan fingerprint density at radius 3 is 2.47 bits per heavy atom. The second-order valence-electron chi connectivity index (χ2n) is 8.34. The Kier molecular flexibility index (Phi) is 7.58. The average molecular weight is 470 g/mol. The molecular formula is C24H27N3O3S2. The van der Waals surface area contributed by atoms with Gasteiger partial charge in [-0.05, 0) is 50.1 Å². The lowest BCUT2D eigenvalue weighted by molar-refractivity contribution is 0.0523. The van der Waals surface area contributed by atoms with E-state index in [0.717, 1.165) is 25.2 Å². The zero-order valence-electron chi connectivity index (χ0n) is 18.8.